The summed E-state index contributed by atoms with van der Waals surface area (Å²) in [5.41, 5.74) is 0. The average molecular weight is 156 g/mol. The van der Waals surface area contributed by atoms with E-state index in [4.69, 9.17) is 0 Å². The summed E-state index contributed by atoms with van der Waals surface area (Å²) in [6, 6.07) is 0. The number of terminal acetylenes is 1. The van der Waals surface area contributed by atoms with Crippen LogP contribution >= 0.6 is 0 Å². The van der Waals surface area contributed by atoms with Crippen molar-refractivity contribution in [2.45, 2.75) is 6.42 Å². The molecule has 9 heavy (non-hydrogen) atoms. The van der Waals surface area contributed by atoms with E-state index in [1.807, 2.05) is 5.92 Å². The quantitative estimate of drug-likeness (QED) is 0.237. The van der Waals surface area contributed by atoms with Crippen LogP contribution in [0, 0.1) is 12.3 Å². The van der Waals surface area contributed by atoms with Crippen molar-refractivity contribution in [3.05, 3.63) is 0 Å². The van der Waals surface area contributed by atoms with E-state index in [1.54, 1.807) is 0 Å². The van der Waals surface area contributed by atoms with Gasteiger partial charge in [-0.2, -0.15) is 0 Å². The maximum Gasteiger partial charge on any atom is 1.00 e. The fourth-order valence-electron chi connectivity index (χ4n) is 0.184. The van der Waals surface area contributed by atoms with Crippen LogP contribution in [-0.2, 0) is 10.1 Å². The predicted molar refractivity (Wildman–Crippen MR) is 28.0 cm³/mol. The summed E-state index contributed by atoms with van der Waals surface area (Å²) in [7, 11) is -4.08. The Balaban J connectivity index is 0. The third-order valence-corrected chi connectivity index (χ3v) is 1.20. The number of hydrogen-bond acceptors (Lipinski definition) is 3. The molecular weight excluding hydrogens is 151 g/mol. The van der Waals surface area contributed by atoms with Crippen molar-refractivity contribution in [1.29, 1.82) is 0 Å². The molecule has 0 heterocycles. The van der Waals surface area contributed by atoms with Gasteiger partial charge in [0.25, 0.3) is 0 Å². The molecule has 0 rings (SSSR count). The topological polar surface area (TPSA) is 57.2 Å². The van der Waals surface area contributed by atoms with E-state index in [1.165, 1.54) is 0 Å². The van der Waals surface area contributed by atoms with Crippen LogP contribution in [0.2, 0.25) is 0 Å². The third-order valence-electron chi connectivity index (χ3n) is 0.496. The first kappa shape index (κ1) is 12.2. The molecule has 3 nitrogen and oxygen atoms in total. The number of hydrogen-bond donors (Lipinski definition) is 0. The minimum absolute atomic E-state index is 0. The fraction of sp³-hybridized carbons (Fsp3) is 0.500. The van der Waals surface area contributed by atoms with E-state index in [9.17, 15) is 13.0 Å². The minimum atomic E-state index is -4.08. The standard InChI is InChI=1S/C4H6O3S.Na/c1-2-3-4-8(5,6)7;/h1H,3-4H2,(H,5,6,7);/q;+1/p-1. The zero-order valence-electron chi connectivity index (χ0n) is 5.12. The zero-order valence-corrected chi connectivity index (χ0v) is 7.94. The molecule has 0 aliphatic carbocycles. The number of rotatable bonds is 2. The summed E-state index contributed by atoms with van der Waals surface area (Å²) in [5.74, 6) is 1.59. The summed E-state index contributed by atoms with van der Waals surface area (Å²) in [4.78, 5) is 0. The van der Waals surface area contributed by atoms with E-state index in [-0.39, 0.29) is 36.0 Å². The Morgan fingerprint density at radius 2 is 2.00 bits per heavy atom. The molecule has 0 aromatic rings. The summed E-state index contributed by atoms with van der Waals surface area (Å²) >= 11 is 0. The van der Waals surface area contributed by atoms with Gasteiger partial charge in [0.15, 0.2) is 0 Å². The average Bonchev–Trinajstić information content (AvgIpc) is 1.59. The fourth-order valence-corrected chi connectivity index (χ4v) is 0.552. The molecule has 0 aromatic heterocycles. The Labute approximate surface area is 76.9 Å². The molecule has 0 radical (unpaired) electrons. The molecule has 0 spiro atoms. The molecule has 46 valence electrons. The molecule has 0 aliphatic heterocycles. The second-order valence-electron chi connectivity index (χ2n) is 1.22. The molecule has 5 heteroatoms. The first-order valence-electron chi connectivity index (χ1n) is 1.93. The largest absolute Gasteiger partial charge is 1.00 e. The van der Waals surface area contributed by atoms with Gasteiger partial charge in [0.1, 0.15) is 0 Å². The van der Waals surface area contributed by atoms with Gasteiger partial charge in [-0.3, -0.25) is 0 Å². The molecular formula is C4H5NaO3S. The monoisotopic (exact) mass is 156 g/mol. The van der Waals surface area contributed by atoms with Crippen molar-refractivity contribution in [2.75, 3.05) is 5.75 Å². The smallest absolute Gasteiger partial charge is 0.748 e. The Kier molecular flexibility index (Phi) is 7.13. The Morgan fingerprint density at radius 3 is 2.11 bits per heavy atom. The molecule has 0 amide bonds. The normalized spacial score (nSPS) is 9.33. The Bertz CT molecular complexity index is 188. The summed E-state index contributed by atoms with van der Waals surface area (Å²) in [6.45, 7) is 0. The van der Waals surface area contributed by atoms with Crippen molar-refractivity contribution in [2.24, 2.45) is 0 Å². The molecule has 0 aromatic carbocycles. The molecule has 0 bridgehead atoms. The summed E-state index contributed by atoms with van der Waals surface area (Å²) in [5, 5.41) is 0. The van der Waals surface area contributed by atoms with E-state index in [0.29, 0.717) is 0 Å². The van der Waals surface area contributed by atoms with Crippen LogP contribution in [0.1, 0.15) is 6.42 Å². The van der Waals surface area contributed by atoms with Crippen LogP contribution in [0.15, 0.2) is 0 Å². The van der Waals surface area contributed by atoms with Gasteiger partial charge in [0.05, 0.1) is 10.1 Å². The van der Waals surface area contributed by atoms with Gasteiger partial charge in [-0.1, -0.05) is 0 Å². The van der Waals surface area contributed by atoms with Gasteiger partial charge < -0.3 is 4.55 Å². The van der Waals surface area contributed by atoms with Crippen molar-refractivity contribution in [3.8, 4) is 12.3 Å². The second kappa shape index (κ2) is 5.27. The van der Waals surface area contributed by atoms with Crippen LogP contribution in [-0.4, -0.2) is 18.7 Å². The molecule has 0 N–H and O–H groups in total. The second-order valence-corrected chi connectivity index (χ2v) is 2.74. The summed E-state index contributed by atoms with van der Waals surface area (Å²) in [6.07, 6.45) is 4.69. The van der Waals surface area contributed by atoms with Crippen molar-refractivity contribution in [1.82, 2.24) is 0 Å². The predicted octanol–water partition coefficient (Wildman–Crippen LogP) is -3.44. The van der Waals surface area contributed by atoms with Gasteiger partial charge in [-0.25, -0.2) is 8.42 Å². The van der Waals surface area contributed by atoms with Gasteiger partial charge in [0, 0.05) is 12.2 Å². The maximum absolute atomic E-state index is 9.74. The van der Waals surface area contributed by atoms with Crippen LogP contribution < -0.4 is 29.6 Å². The van der Waals surface area contributed by atoms with Crippen molar-refractivity contribution >= 4 is 10.1 Å². The molecule has 0 fully saturated rings. The van der Waals surface area contributed by atoms with Crippen LogP contribution in [0.25, 0.3) is 0 Å². The van der Waals surface area contributed by atoms with Crippen LogP contribution in [0.5, 0.6) is 0 Å². The van der Waals surface area contributed by atoms with E-state index >= 15 is 0 Å². The van der Waals surface area contributed by atoms with E-state index < -0.39 is 15.9 Å². The van der Waals surface area contributed by atoms with Gasteiger partial charge in [-0.05, 0) is 0 Å². The van der Waals surface area contributed by atoms with Crippen molar-refractivity contribution in [3.63, 3.8) is 0 Å². The zero-order chi connectivity index (χ0) is 6.62. The minimum Gasteiger partial charge on any atom is -0.748 e. The van der Waals surface area contributed by atoms with Gasteiger partial charge in [0.2, 0.25) is 0 Å². The molecule has 0 unspecified atom stereocenters. The van der Waals surface area contributed by atoms with E-state index in [0.717, 1.165) is 0 Å². The molecule has 0 aliphatic rings. The van der Waals surface area contributed by atoms with Gasteiger partial charge in [-0.15, -0.1) is 12.3 Å². The third kappa shape index (κ3) is 11.8. The Hall–Kier alpha value is 0.470. The van der Waals surface area contributed by atoms with Crippen LogP contribution in [0.4, 0.5) is 0 Å². The van der Waals surface area contributed by atoms with Crippen LogP contribution in [0.3, 0.4) is 0 Å². The molecule has 0 saturated carbocycles. The molecule has 0 atom stereocenters. The van der Waals surface area contributed by atoms with E-state index in [2.05, 4.69) is 6.42 Å². The molecule has 0 saturated heterocycles. The summed E-state index contributed by atoms with van der Waals surface area (Å²) < 4.78 is 29.2. The van der Waals surface area contributed by atoms with Crippen molar-refractivity contribution < 1.29 is 42.5 Å². The first-order chi connectivity index (χ1) is 3.56. The SMILES string of the molecule is C#CCCS(=O)(=O)[O-].[Na+]. The first-order valence-corrected chi connectivity index (χ1v) is 3.51. The van der Waals surface area contributed by atoms with Gasteiger partial charge >= 0.3 is 29.6 Å². The Morgan fingerprint density at radius 1 is 1.56 bits per heavy atom. The maximum atomic E-state index is 9.74.